The number of Topliss-reactive ketones (excluding diaryl/α,β-unsaturated/α-hetero) is 1. The van der Waals surface area contributed by atoms with Gasteiger partial charge in [-0.25, -0.2) is 0 Å². The summed E-state index contributed by atoms with van der Waals surface area (Å²) in [4.78, 5) is 25.8. The molecule has 1 fully saturated rings. The maximum Gasteiger partial charge on any atom is 0.270 e. The first kappa shape index (κ1) is 19.7. The molecule has 1 atom stereocenters. The van der Waals surface area contributed by atoms with Crippen molar-refractivity contribution < 1.29 is 23.9 Å². The maximum atomic E-state index is 13.1. The van der Waals surface area contributed by atoms with Gasteiger partial charge in [-0.05, 0) is 43.0 Å². The zero-order valence-corrected chi connectivity index (χ0v) is 17.1. The number of ether oxygens (including phenoxy) is 3. The Bertz CT molecular complexity index is 1100. The van der Waals surface area contributed by atoms with Gasteiger partial charge in [0.2, 0.25) is 5.78 Å². The molecule has 2 aromatic rings. The van der Waals surface area contributed by atoms with E-state index in [0.717, 1.165) is 42.9 Å². The van der Waals surface area contributed by atoms with Crippen molar-refractivity contribution in [2.24, 2.45) is 0 Å². The third-order valence-electron chi connectivity index (χ3n) is 5.85. The SMILES string of the molecule is Cc1cc2c(c3c1C(=O)/C(=C/c1cccc([N+](=O)[O-])c1)O3)CN(CC1CCCO1)CO2. The summed E-state index contributed by atoms with van der Waals surface area (Å²) in [5.41, 5.74) is 2.66. The van der Waals surface area contributed by atoms with Crippen molar-refractivity contribution in [3.8, 4) is 11.5 Å². The lowest BCUT2D eigenvalue weighted by Gasteiger charge is -2.31. The third-order valence-corrected chi connectivity index (χ3v) is 5.85. The minimum absolute atomic E-state index is 0.0379. The fourth-order valence-electron chi connectivity index (χ4n) is 4.35. The van der Waals surface area contributed by atoms with E-state index in [0.29, 0.717) is 30.2 Å². The molecular formula is C23H22N2O6. The van der Waals surface area contributed by atoms with Crippen molar-refractivity contribution in [3.63, 3.8) is 0 Å². The molecule has 0 amide bonds. The van der Waals surface area contributed by atoms with E-state index in [4.69, 9.17) is 14.2 Å². The van der Waals surface area contributed by atoms with E-state index in [-0.39, 0.29) is 23.3 Å². The third kappa shape index (κ3) is 3.68. The van der Waals surface area contributed by atoms with Gasteiger partial charge in [0, 0.05) is 31.8 Å². The Morgan fingerprint density at radius 2 is 2.19 bits per heavy atom. The van der Waals surface area contributed by atoms with Crippen molar-refractivity contribution in [1.29, 1.82) is 0 Å². The summed E-state index contributed by atoms with van der Waals surface area (Å²) < 4.78 is 17.7. The number of ketones is 1. The van der Waals surface area contributed by atoms with Crippen molar-refractivity contribution in [2.75, 3.05) is 19.9 Å². The molecule has 3 aliphatic rings. The second-order valence-electron chi connectivity index (χ2n) is 8.09. The molecule has 3 heterocycles. The van der Waals surface area contributed by atoms with Crippen molar-refractivity contribution in [2.45, 2.75) is 32.4 Å². The van der Waals surface area contributed by atoms with Gasteiger partial charge in [-0.1, -0.05) is 12.1 Å². The van der Waals surface area contributed by atoms with E-state index in [1.54, 1.807) is 18.2 Å². The Morgan fingerprint density at radius 3 is 2.97 bits per heavy atom. The number of carbonyl (C=O) groups is 1. The molecule has 0 bridgehead atoms. The summed E-state index contributed by atoms with van der Waals surface area (Å²) in [7, 11) is 0. The number of carbonyl (C=O) groups excluding carboxylic acids is 1. The maximum absolute atomic E-state index is 13.1. The number of benzene rings is 2. The zero-order chi connectivity index (χ0) is 21.5. The summed E-state index contributed by atoms with van der Waals surface area (Å²) in [6.45, 7) is 4.50. The molecule has 160 valence electrons. The summed E-state index contributed by atoms with van der Waals surface area (Å²) in [6.07, 6.45) is 3.87. The van der Waals surface area contributed by atoms with Crippen LogP contribution in [0.3, 0.4) is 0 Å². The monoisotopic (exact) mass is 422 g/mol. The molecule has 2 aromatic carbocycles. The smallest absolute Gasteiger partial charge is 0.270 e. The second kappa shape index (κ2) is 7.79. The molecule has 0 spiro atoms. The number of allylic oxidation sites excluding steroid dienone is 1. The lowest BCUT2D eigenvalue weighted by atomic mass is 9.98. The number of aryl methyl sites for hydroxylation is 1. The quantitative estimate of drug-likeness (QED) is 0.420. The molecule has 3 aliphatic heterocycles. The Kier molecular flexibility index (Phi) is 4.95. The topological polar surface area (TPSA) is 91.1 Å². The summed E-state index contributed by atoms with van der Waals surface area (Å²) in [6, 6.07) is 8.00. The molecule has 0 radical (unpaired) electrons. The number of hydrogen-bond donors (Lipinski definition) is 0. The molecular weight excluding hydrogens is 400 g/mol. The van der Waals surface area contributed by atoms with Crippen molar-refractivity contribution >= 4 is 17.5 Å². The van der Waals surface area contributed by atoms with Gasteiger partial charge in [0.15, 0.2) is 5.76 Å². The highest BCUT2D eigenvalue weighted by atomic mass is 16.6. The van der Waals surface area contributed by atoms with Crippen LogP contribution < -0.4 is 9.47 Å². The van der Waals surface area contributed by atoms with Crippen LogP contribution in [-0.4, -0.2) is 41.6 Å². The minimum atomic E-state index is -0.464. The Balaban J connectivity index is 1.45. The highest BCUT2D eigenvalue weighted by Crippen LogP contribution is 2.44. The molecule has 0 N–H and O–H groups in total. The summed E-state index contributed by atoms with van der Waals surface area (Å²) >= 11 is 0. The first-order valence-corrected chi connectivity index (χ1v) is 10.3. The fourth-order valence-corrected chi connectivity index (χ4v) is 4.35. The first-order chi connectivity index (χ1) is 15.0. The number of rotatable bonds is 4. The standard InChI is InChI=1S/C23H22N2O6/c1-14-8-19-18(12-24(13-30-19)11-17-6-3-7-29-17)23-21(14)22(26)20(31-23)10-15-4-2-5-16(9-15)25(27)28/h2,4-5,8-10,17H,3,6-7,11-13H2,1H3/b20-10-. The molecule has 0 saturated carbocycles. The molecule has 1 saturated heterocycles. The van der Waals surface area contributed by atoms with Crippen LogP contribution in [0.4, 0.5) is 5.69 Å². The molecule has 1 unspecified atom stereocenters. The molecule has 8 heteroatoms. The average molecular weight is 422 g/mol. The van der Waals surface area contributed by atoms with Gasteiger partial charge in [0.1, 0.15) is 18.2 Å². The van der Waals surface area contributed by atoms with Crippen LogP contribution in [0.1, 0.15) is 39.9 Å². The highest BCUT2D eigenvalue weighted by molar-refractivity contribution is 6.15. The van der Waals surface area contributed by atoms with E-state index in [1.807, 2.05) is 13.0 Å². The highest BCUT2D eigenvalue weighted by Gasteiger charge is 2.36. The van der Waals surface area contributed by atoms with Gasteiger partial charge in [-0.15, -0.1) is 0 Å². The van der Waals surface area contributed by atoms with E-state index >= 15 is 0 Å². The molecule has 31 heavy (non-hydrogen) atoms. The second-order valence-corrected chi connectivity index (χ2v) is 8.09. The van der Waals surface area contributed by atoms with E-state index in [1.165, 1.54) is 12.1 Å². The van der Waals surface area contributed by atoms with Crippen LogP contribution in [0, 0.1) is 17.0 Å². The van der Waals surface area contributed by atoms with Gasteiger partial charge in [0.25, 0.3) is 5.69 Å². The molecule has 5 rings (SSSR count). The fraction of sp³-hybridized carbons (Fsp3) is 0.348. The van der Waals surface area contributed by atoms with Crippen LogP contribution in [0.5, 0.6) is 11.5 Å². The number of hydrogen-bond acceptors (Lipinski definition) is 7. The summed E-state index contributed by atoms with van der Waals surface area (Å²) in [5, 5.41) is 11.1. The van der Waals surface area contributed by atoms with Crippen LogP contribution in [0.2, 0.25) is 0 Å². The van der Waals surface area contributed by atoms with Gasteiger partial charge in [-0.2, -0.15) is 0 Å². The Hall–Kier alpha value is -3.23. The van der Waals surface area contributed by atoms with Gasteiger partial charge in [-0.3, -0.25) is 19.8 Å². The first-order valence-electron chi connectivity index (χ1n) is 10.3. The number of fused-ring (bicyclic) bond motifs is 3. The number of non-ortho nitro benzene ring substituents is 1. The van der Waals surface area contributed by atoms with Crippen LogP contribution in [0.15, 0.2) is 36.1 Å². The zero-order valence-electron chi connectivity index (χ0n) is 17.1. The predicted molar refractivity (Wildman–Crippen MR) is 112 cm³/mol. The van der Waals surface area contributed by atoms with E-state index in [2.05, 4.69) is 4.90 Å². The molecule has 0 aromatic heterocycles. The average Bonchev–Trinajstić information content (AvgIpc) is 3.37. The minimum Gasteiger partial charge on any atom is -0.478 e. The Morgan fingerprint density at radius 1 is 1.32 bits per heavy atom. The number of nitro benzene ring substituents is 1. The van der Waals surface area contributed by atoms with Gasteiger partial charge in [0.05, 0.1) is 22.2 Å². The Labute approximate surface area is 179 Å². The van der Waals surface area contributed by atoms with Crippen LogP contribution in [-0.2, 0) is 11.3 Å². The van der Waals surface area contributed by atoms with Gasteiger partial charge < -0.3 is 14.2 Å². The van der Waals surface area contributed by atoms with E-state index < -0.39 is 4.92 Å². The lowest BCUT2D eigenvalue weighted by molar-refractivity contribution is -0.384. The number of nitrogens with zero attached hydrogens (tertiary/aromatic N) is 2. The van der Waals surface area contributed by atoms with E-state index in [9.17, 15) is 14.9 Å². The molecule has 8 nitrogen and oxygen atoms in total. The molecule has 0 aliphatic carbocycles. The summed E-state index contributed by atoms with van der Waals surface area (Å²) in [5.74, 6) is 1.18. The number of nitro groups is 1. The predicted octanol–water partition coefficient (Wildman–Crippen LogP) is 3.85. The normalized spacial score (nSPS) is 21.5. The van der Waals surface area contributed by atoms with Crippen LogP contribution in [0.25, 0.3) is 6.08 Å². The van der Waals surface area contributed by atoms with Crippen LogP contribution >= 0.6 is 0 Å². The largest absolute Gasteiger partial charge is 0.478 e. The lowest BCUT2D eigenvalue weighted by Crippen LogP contribution is -2.37. The van der Waals surface area contributed by atoms with Crippen molar-refractivity contribution in [1.82, 2.24) is 4.90 Å². The van der Waals surface area contributed by atoms with Crippen molar-refractivity contribution in [3.05, 3.63) is 68.5 Å². The van der Waals surface area contributed by atoms with Gasteiger partial charge >= 0.3 is 0 Å².